The van der Waals surface area contributed by atoms with E-state index >= 15 is 0 Å². The van der Waals surface area contributed by atoms with Gasteiger partial charge < -0.3 is 22.8 Å². The Hall–Kier alpha value is 0.234. The van der Waals surface area contributed by atoms with Crippen LogP contribution in [0, 0.1) is 0 Å². The standard InChI is InChI=1S/C7H16O2Si.C6H16O3Si/c1-2-3-7(10)9-5-6-4-8-6;1-4-7-10(8-5-2)9-6-3/h6-7H,2-5H2,1,10H3;10H,4-6H2,1-3H3. The van der Waals surface area contributed by atoms with Crippen molar-refractivity contribution in [2.75, 3.05) is 33.0 Å². The Kier molecular flexibility index (Phi) is 14.3. The first-order chi connectivity index (χ1) is 9.67. The lowest BCUT2D eigenvalue weighted by Gasteiger charge is -2.12. The zero-order chi connectivity index (χ0) is 15.2. The minimum Gasteiger partial charge on any atom is -0.380 e. The van der Waals surface area contributed by atoms with Crippen molar-refractivity contribution in [2.24, 2.45) is 0 Å². The van der Waals surface area contributed by atoms with Crippen molar-refractivity contribution in [3.63, 3.8) is 0 Å². The van der Waals surface area contributed by atoms with Gasteiger partial charge in [0.05, 0.1) is 13.2 Å². The van der Waals surface area contributed by atoms with Gasteiger partial charge in [0.15, 0.2) is 0 Å². The van der Waals surface area contributed by atoms with Crippen molar-refractivity contribution in [1.82, 2.24) is 0 Å². The molecule has 0 radical (unpaired) electrons. The Balaban J connectivity index is 0.000000361. The molecule has 1 fully saturated rings. The fourth-order valence-electron chi connectivity index (χ4n) is 1.48. The first kappa shape index (κ1) is 20.2. The highest BCUT2D eigenvalue weighted by Gasteiger charge is 2.22. The van der Waals surface area contributed by atoms with Crippen LogP contribution in [0.4, 0.5) is 0 Å². The maximum absolute atomic E-state index is 5.54. The van der Waals surface area contributed by atoms with Crippen molar-refractivity contribution in [3.05, 3.63) is 0 Å². The molecular weight excluding hydrogens is 292 g/mol. The molecular formula is C13H32O5Si2. The van der Waals surface area contributed by atoms with E-state index in [1.807, 2.05) is 20.8 Å². The van der Waals surface area contributed by atoms with Crippen molar-refractivity contribution in [2.45, 2.75) is 52.4 Å². The topological polar surface area (TPSA) is 49.5 Å². The lowest BCUT2D eigenvalue weighted by atomic mass is 10.3. The number of hydrogen-bond acceptors (Lipinski definition) is 5. The van der Waals surface area contributed by atoms with Gasteiger partial charge in [0.25, 0.3) is 0 Å². The van der Waals surface area contributed by atoms with Crippen LogP contribution in [0.3, 0.4) is 0 Å². The van der Waals surface area contributed by atoms with Crippen molar-refractivity contribution in [1.29, 1.82) is 0 Å². The molecule has 0 bridgehead atoms. The highest BCUT2D eigenvalue weighted by atomic mass is 28.3. The van der Waals surface area contributed by atoms with Gasteiger partial charge in [-0.1, -0.05) is 13.3 Å². The number of epoxide rings is 1. The van der Waals surface area contributed by atoms with Crippen LogP contribution < -0.4 is 0 Å². The van der Waals surface area contributed by atoms with E-state index in [1.165, 1.54) is 12.8 Å². The van der Waals surface area contributed by atoms with Crippen LogP contribution in [-0.2, 0) is 22.8 Å². The number of rotatable bonds is 11. The zero-order valence-electron chi connectivity index (χ0n) is 13.7. The Morgan fingerprint density at radius 1 is 1.10 bits per heavy atom. The predicted octanol–water partition coefficient (Wildman–Crippen LogP) is 0.706. The van der Waals surface area contributed by atoms with Crippen molar-refractivity contribution >= 4 is 19.8 Å². The second-order valence-corrected chi connectivity index (χ2v) is 7.41. The molecule has 122 valence electrons. The second kappa shape index (κ2) is 14.2. The molecule has 0 aromatic rings. The van der Waals surface area contributed by atoms with Crippen molar-refractivity contribution in [3.8, 4) is 0 Å². The highest BCUT2D eigenvalue weighted by molar-refractivity contribution is 6.36. The monoisotopic (exact) mass is 324 g/mol. The zero-order valence-corrected chi connectivity index (χ0v) is 16.9. The summed E-state index contributed by atoms with van der Waals surface area (Å²) in [5, 5.41) is 0. The normalized spacial score (nSPS) is 18.8. The largest absolute Gasteiger partial charge is 0.484 e. The molecule has 0 saturated carbocycles. The van der Waals surface area contributed by atoms with Crippen LogP contribution in [0.25, 0.3) is 0 Å². The van der Waals surface area contributed by atoms with Gasteiger partial charge in [-0.25, -0.2) is 0 Å². The summed E-state index contributed by atoms with van der Waals surface area (Å²) in [6, 6.07) is 0. The third kappa shape index (κ3) is 13.2. The summed E-state index contributed by atoms with van der Waals surface area (Å²) in [7, 11) is -0.580. The number of ether oxygens (including phenoxy) is 2. The molecule has 2 atom stereocenters. The minimum absolute atomic E-state index is 0.438. The molecule has 7 heteroatoms. The first-order valence-corrected chi connectivity index (χ1v) is 10.3. The quantitative estimate of drug-likeness (QED) is 0.414. The summed E-state index contributed by atoms with van der Waals surface area (Å²) in [5.74, 6) is 0. The molecule has 1 heterocycles. The Morgan fingerprint density at radius 3 is 1.95 bits per heavy atom. The third-order valence-corrected chi connectivity index (χ3v) is 5.30. The van der Waals surface area contributed by atoms with Gasteiger partial charge in [0.2, 0.25) is 0 Å². The van der Waals surface area contributed by atoms with Crippen LogP contribution >= 0.6 is 0 Å². The average Bonchev–Trinajstić information content (AvgIpc) is 3.23. The second-order valence-electron chi connectivity index (χ2n) is 4.54. The van der Waals surface area contributed by atoms with E-state index in [-0.39, 0.29) is 0 Å². The van der Waals surface area contributed by atoms with Gasteiger partial charge in [-0.15, -0.1) is 0 Å². The van der Waals surface area contributed by atoms with E-state index in [1.54, 1.807) is 0 Å². The molecule has 0 N–H and O–H groups in total. The van der Waals surface area contributed by atoms with E-state index in [0.717, 1.165) is 23.5 Å². The fourth-order valence-corrected chi connectivity index (χ4v) is 3.35. The molecule has 0 aromatic heterocycles. The lowest BCUT2D eigenvalue weighted by Crippen LogP contribution is -2.27. The molecule has 0 amide bonds. The fraction of sp³-hybridized carbons (Fsp3) is 1.00. The summed E-state index contributed by atoms with van der Waals surface area (Å²) in [6.07, 6.45) is 2.90. The van der Waals surface area contributed by atoms with Crippen molar-refractivity contribution < 1.29 is 22.8 Å². The Labute approximate surface area is 128 Å². The summed E-state index contributed by atoms with van der Waals surface area (Å²) < 4.78 is 26.2. The summed E-state index contributed by atoms with van der Waals surface area (Å²) in [6.45, 7) is 11.8. The molecule has 1 aliphatic rings. The van der Waals surface area contributed by atoms with E-state index < -0.39 is 9.53 Å². The SMILES string of the molecule is CCCC([SiH3])OCC1CO1.CCO[SiH](OCC)OCC. The molecule has 2 unspecified atom stereocenters. The maximum Gasteiger partial charge on any atom is 0.484 e. The van der Waals surface area contributed by atoms with Crippen LogP contribution in [0.15, 0.2) is 0 Å². The number of hydrogen-bond donors (Lipinski definition) is 0. The lowest BCUT2D eigenvalue weighted by molar-refractivity contribution is 0.0865. The van der Waals surface area contributed by atoms with Crippen LogP contribution in [-0.4, -0.2) is 64.6 Å². The predicted molar refractivity (Wildman–Crippen MR) is 86.4 cm³/mol. The summed E-state index contributed by atoms with van der Waals surface area (Å²) >= 11 is 0. The van der Waals surface area contributed by atoms with Gasteiger partial charge in [-0.2, -0.15) is 0 Å². The van der Waals surface area contributed by atoms with Gasteiger partial charge in [-0.05, 0) is 27.2 Å². The van der Waals surface area contributed by atoms with E-state index in [0.29, 0.717) is 31.7 Å². The molecule has 5 nitrogen and oxygen atoms in total. The van der Waals surface area contributed by atoms with E-state index in [4.69, 9.17) is 22.8 Å². The summed E-state index contributed by atoms with van der Waals surface area (Å²) in [5.41, 5.74) is 0.550. The van der Waals surface area contributed by atoms with E-state index in [9.17, 15) is 0 Å². The molecule has 1 saturated heterocycles. The van der Waals surface area contributed by atoms with Gasteiger partial charge in [0, 0.05) is 35.8 Å². The van der Waals surface area contributed by atoms with Crippen LogP contribution in [0.1, 0.15) is 40.5 Å². The van der Waals surface area contributed by atoms with E-state index in [2.05, 4.69) is 6.92 Å². The van der Waals surface area contributed by atoms with Gasteiger partial charge in [0.1, 0.15) is 6.10 Å². The minimum atomic E-state index is -1.73. The molecule has 20 heavy (non-hydrogen) atoms. The first-order valence-electron chi connectivity index (χ1n) is 7.75. The smallest absolute Gasteiger partial charge is 0.380 e. The van der Waals surface area contributed by atoms with Gasteiger partial charge in [-0.3, -0.25) is 0 Å². The van der Waals surface area contributed by atoms with Crippen LogP contribution in [0.2, 0.25) is 0 Å². The maximum atomic E-state index is 5.54. The Morgan fingerprint density at radius 2 is 1.60 bits per heavy atom. The molecule has 0 aromatic carbocycles. The van der Waals surface area contributed by atoms with Crippen LogP contribution in [0.5, 0.6) is 0 Å². The molecule has 1 rings (SSSR count). The third-order valence-electron chi connectivity index (χ3n) is 2.57. The summed E-state index contributed by atoms with van der Waals surface area (Å²) in [4.78, 5) is 0. The molecule has 0 aliphatic carbocycles. The Bertz CT molecular complexity index is 191. The van der Waals surface area contributed by atoms with Gasteiger partial charge >= 0.3 is 9.53 Å². The molecule has 0 spiro atoms. The molecule has 1 aliphatic heterocycles. The highest BCUT2D eigenvalue weighted by Crippen LogP contribution is 2.10. The average molecular weight is 325 g/mol.